The summed E-state index contributed by atoms with van der Waals surface area (Å²) in [5.74, 6) is -0.385. The van der Waals surface area contributed by atoms with Crippen LogP contribution in [0.2, 0.25) is 0 Å². The number of ether oxygens (including phenoxy) is 1. The molecule has 1 aliphatic rings. The normalized spacial score (nSPS) is 21.0. The van der Waals surface area contributed by atoms with Crippen molar-refractivity contribution in [1.29, 1.82) is 0 Å². The van der Waals surface area contributed by atoms with Crippen LogP contribution < -0.4 is 4.90 Å². The van der Waals surface area contributed by atoms with Gasteiger partial charge in [0.25, 0.3) is 0 Å². The molecule has 2 unspecified atom stereocenters. The molecular weight excluding hydrogens is 329 g/mol. The number of hydrogen-bond acceptors (Lipinski definition) is 7. The molecule has 0 N–H and O–H groups in total. The summed E-state index contributed by atoms with van der Waals surface area (Å²) in [6.07, 6.45) is 3.44. The van der Waals surface area contributed by atoms with Crippen LogP contribution in [-0.4, -0.2) is 51.7 Å². The van der Waals surface area contributed by atoms with Crippen LogP contribution in [0.4, 0.5) is 10.1 Å². The second-order valence-electron chi connectivity index (χ2n) is 6.11. The smallest absolute Gasteiger partial charge is 0.224 e. The zero-order valence-corrected chi connectivity index (χ0v) is 13.7. The fraction of sp³-hybridized carbons (Fsp3) is 0.375. The van der Waals surface area contributed by atoms with E-state index in [0.717, 1.165) is 0 Å². The second kappa shape index (κ2) is 5.92. The van der Waals surface area contributed by atoms with Gasteiger partial charge in [0.15, 0.2) is 12.1 Å². The number of halogens is 1. The number of anilines is 1. The first-order valence-corrected chi connectivity index (χ1v) is 7.92. The molecule has 0 radical (unpaired) electrons. The number of nitrogens with zero attached hydrogens (tertiary/aromatic N) is 5. The van der Waals surface area contributed by atoms with Gasteiger partial charge in [0.2, 0.25) is 11.4 Å². The van der Waals surface area contributed by atoms with E-state index in [0.29, 0.717) is 24.8 Å². The standard InChI is InChI=1S/C16H16FN5O3/c1-9-6-21(7-10(2)24-9)14-11(8-23)5-12-15(13(14)17)25-20-16(12)22-18-3-4-19-22/h3-5,8-10H,6-7H2,1-2H3. The van der Waals surface area contributed by atoms with Gasteiger partial charge < -0.3 is 14.2 Å². The Bertz CT molecular complexity index is 914. The third kappa shape index (κ3) is 2.56. The molecule has 0 aliphatic carbocycles. The van der Waals surface area contributed by atoms with Crippen molar-refractivity contribution in [3.63, 3.8) is 0 Å². The van der Waals surface area contributed by atoms with Crippen molar-refractivity contribution >= 4 is 22.9 Å². The fourth-order valence-corrected chi connectivity index (χ4v) is 3.28. The number of hydrogen-bond donors (Lipinski definition) is 0. The highest BCUT2D eigenvalue weighted by molar-refractivity contribution is 5.97. The molecule has 4 rings (SSSR count). The van der Waals surface area contributed by atoms with E-state index in [1.54, 1.807) is 6.07 Å². The zero-order chi connectivity index (χ0) is 17.6. The van der Waals surface area contributed by atoms with Gasteiger partial charge in [-0.05, 0) is 19.9 Å². The average Bonchev–Trinajstić information content (AvgIpc) is 3.22. The van der Waals surface area contributed by atoms with Gasteiger partial charge in [-0.2, -0.15) is 10.2 Å². The lowest BCUT2D eigenvalue weighted by molar-refractivity contribution is -0.00543. The maximum absolute atomic E-state index is 15.2. The Morgan fingerprint density at radius 3 is 2.56 bits per heavy atom. The van der Waals surface area contributed by atoms with E-state index in [9.17, 15) is 4.79 Å². The number of aromatic nitrogens is 4. The van der Waals surface area contributed by atoms with Crippen molar-refractivity contribution in [2.45, 2.75) is 26.1 Å². The predicted molar refractivity (Wildman–Crippen MR) is 86.5 cm³/mol. The van der Waals surface area contributed by atoms with Crippen LogP contribution in [0.15, 0.2) is 23.0 Å². The van der Waals surface area contributed by atoms with Gasteiger partial charge in [0.05, 0.1) is 35.7 Å². The summed E-state index contributed by atoms with van der Waals surface area (Å²) >= 11 is 0. The van der Waals surface area contributed by atoms with E-state index in [-0.39, 0.29) is 34.9 Å². The molecule has 1 aliphatic heterocycles. The van der Waals surface area contributed by atoms with E-state index in [4.69, 9.17) is 9.26 Å². The van der Waals surface area contributed by atoms with Gasteiger partial charge in [-0.3, -0.25) is 4.79 Å². The number of morpholine rings is 1. The molecule has 2 aromatic heterocycles. The van der Waals surface area contributed by atoms with Crippen LogP contribution in [0.1, 0.15) is 24.2 Å². The summed E-state index contributed by atoms with van der Waals surface area (Å²) in [5.41, 5.74) is 0.406. The summed E-state index contributed by atoms with van der Waals surface area (Å²) in [5, 5.41) is 12.1. The van der Waals surface area contributed by atoms with E-state index in [1.165, 1.54) is 17.2 Å². The van der Waals surface area contributed by atoms with Gasteiger partial charge in [-0.25, -0.2) is 4.39 Å². The summed E-state index contributed by atoms with van der Waals surface area (Å²) in [4.78, 5) is 14.7. The molecule has 9 heteroatoms. The molecule has 0 spiro atoms. The Balaban J connectivity index is 1.88. The van der Waals surface area contributed by atoms with Crippen molar-refractivity contribution in [2.75, 3.05) is 18.0 Å². The van der Waals surface area contributed by atoms with Crippen LogP contribution >= 0.6 is 0 Å². The maximum Gasteiger partial charge on any atom is 0.224 e. The monoisotopic (exact) mass is 345 g/mol. The van der Waals surface area contributed by atoms with Crippen LogP contribution in [0.3, 0.4) is 0 Å². The molecule has 3 heterocycles. The fourth-order valence-electron chi connectivity index (χ4n) is 3.28. The van der Waals surface area contributed by atoms with Crippen LogP contribution in [-0.2, 0) is 4.74 Å². The lowest BCUT2D eigenvalue weighted by Gasteiger charge is -2.37. The third-order valence-electron chi connectivity index (χ3n) is 4.16. The molecular formula is C16H16FN5O3. The van der Waals surface area contributed by atoms with Gasteiger partial charge >= 0.3 is 0 Å². The van der Waals surface area contributed by atoms with E-state index in [1.807, 2.05) is 18.7 Å². The Hall–Kier alpha value is -2.81. The van der Waals surface area contributed by atoms with Gasteiger partial charge in [-0.15, -0.1) is 4.80 Å². The Morgan fingerprint density at radius 2 is 1.92 bits per heavy atom. The zero-order valence-electron chi connectivity index (χ0n) is 13.7. The van der Waals surface area contributed by atoms with Crippen molar-refractivity contribution in [3.8, 4) is 5.82 Å². The Morgan fingerprint density at radius 1 is 1.24 bits per heavy atom. The summed E-state index contributed by atoms with van der Waals surface area (Å²) in [7, 11) is 0. The molecule has 3 aromatic rings. The number of carbonyl (C=O) groups excluding carboxylic acids is 1. The quantitative estimate of drug-likeness (QED) is 0.671. The Labute approximate surface area is 142 Å². The third-order valence-corrected chi connectivity index (χ3v) is 4.16. The lowest BCUT2D eigenvalue weighted by atomic mass is 10.1. The van der Waals surface area contributed by atoms with E-state index in [2.05, 4.69) is 15.4 Å². The first-order chi connectivity index (χ1) is 12.1. The number of fused-ring (bicyclic) bond motifs is 1. The summed E-state index contributed by atoms with van der Waals surface area (Å²) in [6.45, 7) is 4.79. The number of aldehydes is 1. The van der Waals surface area contributed by atoms with Gasteiger partial charge in [-0.1, -0.05) is 5.16 Å². The number of carbonyl (C=O) groups is 1. The number of rotatable bonds is 3. The van der Waals surface area contributed by atoms with Crippen molar-refractivity contribution in [2.24, 2.45) is 0 Å². The molecule has 25 heavy (non-hydrogen) atoms. The first-order valence-electron chi connectivity index (χ1n) is 7.92. The number of benzene rings is 1. The second-order valence-corrected chi connectivity index (χ2v) is 6.11. The minimum Gasteiger partial charge on any atom is -0.372 e. The van der Waals surface area contributed by atoms with E-state index < -0.39 is 5.82 Å². The topological polar surface area (TPSA) is 86.3 Å². The van der Waals surface area contributed by atoms with Crippen LogP contribution in [0.5, 0.6) is 0 Å². The van der Waals surface area contributed by atoms with Gasteiger partial charge in [0, 0.05) is 18.7 Å². The van der Waals surface area contributed by atoms with E-state index >= 15 is 4.39 Å². The molecule has 0 bridgehead atoms. The molecule has 130 valence electrons. The highest BCUT2D eigenvalue weighted by atomic mass is 19.1. The summed E-state index contributed by atoms with van der Waals surface area (Å²) < 4.78 is 26.1. The average molecular weight is 345 g/mol. The van der Waals surface area contributed by atoms with Crippen LogP contribution in [0.25, 0.3) is 16.8 Å². The highest BCUT2D eigenvalue weighted by Crippen LogP contribution is 2.34. The molecule has 2 atom stereocenters. The highest BCUT2D eigenvalue weighted by Gasteiger charge is 2.29. The molecule has 0 saturated carbocycles. The molecule has 8 nitrogen and oxygen atoms in total. The van der Waals surface area contributed by atoms with Crippen molar-refractivity contribution in [1.82, 2.24) is 20.2 Å². The predicted octanol–water partition coefficient (Wildman–Crippen LogP) is 1.97. The Kier molecular flexibility index (Phi) is 3.72. The lowest BCUT2D eigenvalue weighted by Crippen LogP contribution is -2.46. The maximum atomic E-state index is 15.2. The molecule has 1 fully saturated rings. The summed E-state index contributed by atoms with van der Waals surface area (Å²) in [6, 6.07) is 1.56. The SMILES string of the molecule is CC1CN(c2c(C=O)cc3c(-n4nccn4)noc3c2F)CC(C)O1. The first kappa shape index (κ1) is 15.7. The van der Waals surface area contributed by atoms with Gasteiger partial charge in [0.1, 0.15) is 0 Å². The van der Waals surface area contributed by atoms with Crippen molar-refractivity contribution < 1.29 is 18.4 Å². The minimum atomic E-state index is -0.619. The van der Waals surface area contributed by atoms with Crippen LogP contribution in [0, 0.1) is 5.82 Å². The molecule has 1 saturated heterocycles. The molecule has 0 amide bonds. The van der Waals surface area contributed by atoms with Crippen molar-refractivity contribution in [3.05, 3.63) is 29.8 Å². The minimum absolute atomic E-state index is 0.0281. The molecule has 1 aromatic carbocycles. The largest absolute Gasteiger partial charge is 0.372 e.